The Morgan fingerprint density at radius 3 is 2.75 bits per heavy atom. The molecule has 78 valence electrons. The summed E-state index contributed by atoms with van der Waals surface area (Å²) in [5.41, 5.74) is 3.35. The van der Waals surface area contributed by atoms with Gasteiger partial charge >= 0.3 is 0 Å². The molecule has 2 heteroatoms. The molecule has 0 saturated carbocycles. The van der Waals surface area contributed by atoms with E-state index in [0.29, 0.717) is 0 Å². The Hall–Kier alpha value is -1.96. The zero-order valence-electron chi connectivity index (χ0n) is 9.36. The number of aromatic nitrogens is 2. The van der Waals surface area contributed by atoms with Crippen LogP contribution in [0.25, 0.3) is 21.7 Å². The topological polar surface area (TPSA) is 25.8 Å². The normalized spacial score (nSPS) is 11.1. The molecule has 0 aliphatic rings. The molecule has 0 N–H and O–H groups in total. The van der Waals surface area contributed by atoms with Crippen LogP contribution in [0.2, 0.25) is 0 Å². The summed E-state index contributed by atoms with van der Waals surface area (Å²) in [5.74, 6) is 0. The number of fused-ring (bicyclic) bond motifs is 3. The Kier molecular flexibility index (Phi) is 1.90. The molecule has 0 aliphatic carbocycles. The lowest BCUT2D eigenvalue weighted by atomic mass is 10.0. The van der Waals surface area contributed by atoms with Gasteiger partial charge in [0.25, 0.3) is 0 Å². The van der Waals surface area contributed by atoms with E-state index >= 15 is 0 Å². The van der Waals surface area contributed by atoms with E-state index in [0.717, 1.165) is 16.6 Å². The molecule has 3 aromatic rings. The third-order valence-electron chi connectivity index (χ3n) is 2.93. The van der Waals surface area contributed by atoms with Crippen molar-refractivity contribution >= 4 is 21.7 Å². The van der Waals surface area contributed by atoms with Crippen LogP contribution in [0.5, 0.6) is 0 Å². The van der Waals surface area contributed by atoms with Crippen molar-refractivity contribution in [3.63, 3.8) is 0 Å². The minimum atomic E-state index is 1.03. The van der Waals surface area contributed by atoms with E-state index in [9.17, 15) is 0 Å². The van der Waals surface area contributed by atoms with Crippen LogP contribution in [-0.2, 0) is 0 Å². The van der Waals surface area contributed by atoms with Gasteiger partial charge < -0.3 is 0 Å². The number of hydrogen-bond acceptors (Lipinski definition) is 2. The fourth-order valence-corrected chi connectivity index (χ4v) is 2.14. The molecule has 0 fully saturated rings. The van der Waals surface area contributed by atoms with E-state index in [1.807, 2.05) is 25.4 Å². The van der Waals surface area contributed by atoms with Crippen LogP contribution in [0.1, 0.15) is 11.3 Å². The SMILES string of the molecule is Cc1cc2c(cn1)cc(C)c1cccnc12. The Balaban J connectivity index is 2.61. The maximum absolute atomic E-state index is 4.48. The molecule has 0 atom stereocenters. The van der Waals surface area contributed by atoms with E-state index in [4.69, 9.17) is 0 Å². The largest absolute Gasteiger partial charge is 0.261 e. The first-order valence-electron chi connectivity index (χ1n) is 5.36. The highest BCUT2D eigenvalue weighted by Crippen LogP contribution is 2.26. The lowest BCUT2D eigenvalue weighted by Gasteiger charge is -2.06. The summed E-state index contributed by atoms with van der Waals surface area (Å²) in [6, 6.07) is 8.37. The van der Waals surface area contributed by atoms with Crippen LogP contribution in [0.15, 0.2) is 36.7 Å². The van der Waals surface area contributed by atoms with Crippen molar-refractivity contribution in [2.45, 2.75) is 13.8 Å². The van der Waals surface area contributed by atoms with E-state index in [2.05, 4.69) is 35.1 Å². The van der Waals surface area contributed by atoms with E-state index in [1.54, 1.807) is 0 Å². The van der Waals surface area contributed by atoms with Crippen molar-refractivity contribution in [3.05, 3.63) is 47.9 Å². The van der Waals surface area contributed by atoms with Gasteiger partial charge in [-0.2, -0.15) is 0 Å². The first kappa shape index (κ1) is 9.28. The average Bonchev–Trinajstić information content (AvgIpc) is 2.31. The second kappa shape index (κ2) is 3.27. The van der Waals surface area contributed by atoms with Gasteiger partial charge in [0.15, 0.2) is 0 Å². The molecule has 0 unspecified atom stereocenters. The minimum absolute atomic E-state index is 1.03. The van der Waals surface area contributed by atoms with Crippen molar-refractivity contribution in [3.8, 4) is 0 Å². The van der Waals surface area contributed by atoms with Crippen LogP contribution in [0, 0.1) is 13.8 Å². The number of rotatable bonds is 0. The van der Waals surface area contributed by atoms with Gasteiger partial charge in [-0.1, -0.05) is 6.07 Å². The first-order valence-corrected chi connectivity index (χ1v) is 5.36. The predicted molar refractivity (Wildman–Crippen MR) is 66.5 cm³/mol. The minimum Gasteiger partial charge on any atom is -0.261 e. The van der Waals surface area contributed by atoms with Crippen LogP contribution in [-0.4, -0.2) is 9.97 Å². The number of benzene rings is 1. The summed E-state index contributed by atoms with van der Waals surface area (Å²) in [6.07, 6.45) is 3.77. The lowest BCUT2D eigenvalue weighted by Crippen LogP contribution is -1.87. The van der Waals surface area contributed by atoms with Gasteiger partial charge in [0.2, 0.25) is 0 Å². The molecule has 2 aromatic heterocycles. The van der Waals surface area contributed by atoms with Crippen molar-refractivity contribution < 1.29 is 0 Å². The Labute approximate surface area is 94.0 Å². The Morgan fingerprint density at radius 2 is 1.88 bits per heavy atom. The van der Waals surface area contributed by atoms with E-state index < -0.39 is 0 Å². The Morgan fingerprint density at radius 1 is 1.00 bits per heavy atom. The monoisotopic (exact) mass is 208 g/mol. The molecule has 0 aliphatic heterocycles. The third-order valence-corrected chi connectivity index (χ3v) is 2.93. The van der Waals surface area contributed by atoms with Crippen molar-refractivity contribution in [2.24, 2.45) is 0 Å². The van der Waals surface area contributed by atoms with Crippen LogP contribution in [0.4, 0.5) is 0 Å². The van der Waals surface area contributed by atoms with Gasteiger partial charge in [-0.25, -0.2) is 0 Å². The molecule has 0 spiro atoms. The van der Waals surface area contributed by atoms with Gasteiger partial charge in [0.1, 0.15) is 0 Å². The fraction of sp³-hybridized carbons (Fsp3) is 0.143. The van der Waals surface area contributed by atoms with Gasteiger partial charge in [-0.15, -0.1) is 0 Å². The van der Waals surface area contributed by atoms with Crippen molar-refractivity contribution in [2.75, 3.05) is 0 Å². The van der Waals surface area contributed by atoms with Crippen molar-refractivity contribution in [1.82, 2.24) is 9.97 Å². The van der Waals surface area contributed by atoms with E-state index in [1.165, 1.54) is 16.3 Å². The van der Waals surface area contributed by atoms with Crippen molar-refractivity contribution in [1.29, 1.82) is 0 Å². The molecule has 0 amide bonds. The Bertz CT molecular complexity index is 687. The fourth-order valence-electron chi connectivity index (χ4n) is 2.14. The van der Waals surface area contributed by atoms with Gasteiger partial charge in [0, 0.05) is 34.2 Å². The number of aryl methyl sites for hydroxylation is 2. The summed E-state index contributed by atoms with van der Waals surface area (Å²) in [6.45, 7) is 4.12. The molecular weight excluding hydrogens is 196 g/mol. The summed E-state index contributed by atoms with van der Waals surface area (Å²) in [4.78, 5) is 8.81. The second-order valence-corrected chi connectivity index (χ2v) is 4.14. The molecule has 0 saturated heterocycles. The molecule has 2 nitrogen and oxygen atoms in total. The summed E-state index contributed by atoms with van der Waals surface area (Å²) in [7, 11) is 0. The molecular formula is C14H12N2. The highest BCUT2D eigenvalue weighted by molar-refractivity contribution is 6.06. The van der Waals surface area contributed by atoms with Crippen LogP contribution in [0.3, 0.4) is 0 Å². The summed E-state index contributed by atoms with van der Waals surface area (Å²) in [5, 5.41) is 3.57. The molecule has 0 bridgehead atoms. The molecule has 2 heterocycles. The molecule has 16 heavy (non-hydrogen) atoms. The number of pyridine rings is 2. The number of hydrogen-bond donors (Lipinski definition) is 0. The standard InChI is InChI=1S/C14H12N2/c1-9-6-11-8-16-10(2)7-13(11)14-12(9)4-3-5-15-14/h3-8H,1-2H3. The van der Waals surface area contributed by atoms with Crippen LogP contribution >= 0.6 is 0 Å². The smallest absolute Gasteiger partial charge is 0.0784 e. The first-order chi connectivity index (χ1) is 7.75. The maximum Gasteiger partial charge on any atom is 0.0784 e. The molecule has 3 rings (SSSR count). The average molecular weight is 208 g/mol. The predicted octanol–water partition coefficient (Wildman–Crippen LogP) is 3.40. The third kappa shape index (κ3) is 1.27. The second-order valence-electron chi connectivity index (χ2n) is 4.14. The quantitative estimate of drug-likeness (QED) is 0.529. The highest BCUT2D eigenvalue weighted by Gasteiger charge is 2.04. The number of nitrogens with zero attached hydrogens (tertiary/aromatic N) is 2. The van der Waals surface area contributed by atoms with E-state index in [-0.39, 0.29) is 0 Å². The lowest BCUT2D eigenvalue weighted by molar-refractivity contribution is 1.22. The zero-order chi connectivity index (χ0) is 11.1. The van der Waals surface area contributed by atoms with Crippen LogP contribution < -0.4 is 0 Å². The highest BCUT2D eigenvalue weighted by atomic mass is 14.7. The summed E-state index contributed by atoms with van der Waals surface area (Å²) < 4.78 is 0. The molecule has 0 radical (unpaired) electrons. The van der Waals surface area contributed by atoms with Gasteiger partial charge in [0.05, 0.1) is 5.52 Å². The van der Waals surface area contributed by atoms with Gasteiger partial charge in [-0.3, -0.25) is 9.97 Å². The van der Waals surface area contributed by atoms with Gasteiger partial charge in [-0.05, 0) is 37.6 Å². The summed E-state index contributed by atoms with van der Waals surface area (Å²) >= 11 is 0. The maximum atomic E-state index is 4.48. The molecule has 1 aromatic carbocycles. The zero-order valence-corrected chi connectivity index (χ0v) is 9.36.